The molecule has 0 aliphatic carbocycles. The van der Waals surface area contributed by atoms with Gasteiger partial charge in [-0.05, 0) is 13.8 Å². The largest absolute Gasteiger partial charge is 0.365 e. The number of nitrogens with zero attached hydrogens (tertiary/aromatic N) is 3. The molecule has 3 N–H and O–H groups in total. The monoisotopic (exact) mass is 307 g/mol. The molecule has 0 bridgehead atoms. The second-order valence-corrected chi connectivity index (χ2v) is 5.60. The summed E-state index contributed by atoms with van der Waals surface area (Å²) in [5.74, 6) is -0.571. The Balaban J connectivity index is 2.23. The minimum Gasteiger partial charge on any atom is -0.365 e. The molecular formula is C12H13N5O3S. The smallest absolute Gasteiger partial charge is 0.288 e. The van der Waals surface area contributed by atoms with Crippen molar-refractivity contribution in [3.8, 4) is 0 Å². The number of pyridine rings is 1. The molecule has 0 aliphatic heterocycles. The summed E-state index contributed by atoms with van der Waals surface area (Å²) in [5, 5.41) is 14.5. The first-order valence-electron chi connectivity index (χ1n) is 5.99. The summed E-state index contributed by atoms with van der Waals surface area (Å²) in [5.41, 5.74) is 5.87. The van der Waals surface area contributed by atoms with E-state index >= 15 is 0 Å². The Hall–Kier alpha value is -2.55. The van der Waals surface area contributed by atoms with Crippen molar-refractivity contribution in [2.75, 3.05) is 5.32 Å². The third kappa shape index (κ3) is 3.31. The fraction of sp³-hybridized carbons (Fsp3) is 0.250. The normalized spacial score (nSPS) is 10.4. The molecule has 0 unspecified atom stereocenters. The van der Waals surface area contributed by atoms with Gasteiger partial charge in [-0.1, -0.05) is 0 Å². The highest BCUT2D eigenvalue weighted by Gasteiger charge is 2.16. The van der Waals surface area contributed by atoms with E-state index in [1.54, 1.807) is 0 Å². The Morgan fingerprint density at radius 2 is 2.24 bits per heavy atom. The number of carbonyl (C=O) groups is 1. The molecule has 2 rings (SSSR count). The molecule has 0 saturated carbocycles. The molecule has 2 aromatic heterocycles. The van der Waals surface area contributed by atoms with Crippen LogP contribution in [-0.4, -0.2) is 20.8 Å². The minimum atomic E-state index is -0.778. The fourth-order valence-electron chi connectivity index (χ4n) is 1.66. The van der Waals surface area contributed by atoms with E-state index < -0.39 is 10.8 Å². The van der Waals surface area contributed by atoms with Crippen LogP contribution in [0, 0.1) is 24.0 Å². The van der Waals surface area contributed by atoms with Crippen molar-refractivity contribution in [1.82, 2.24) is 9.97 Å². The van der Waals surface area contributed by atoms with Gasteiger partial charge in [0.15, 0.2) is 0 Å². The summed E-state index contributed by atoms with van der Waals surface area (Å²) in [4.78, 5) is 30.8. The zero-order chi connectivity index (χ0) is 15.6. The van der Waals surface area contributed by atoms with E-state index in [1.807, 2.05) is 13.8 Å². The van der Waals surface area contributed by atoms with Crippen LogP contribution < -0.4 is 11.1 Å². The van der Waals surface area contributed by atoms with E-state index in [9.17, 15) is 14.9 Å². The van der Waals surface area contributed by atoms with E-state index in [0.29, 0.717) is 6.54 Å². The first kappa shape index (κ1) is 14.9. The van der Waals surface area contributed by atoms with Gasteiger partial charge >= 0.3 is 0 Å². The Labute approximate surface area is 124 Å². The molecule has 8 nitrogen and oxygen atoms in total. The number of thiazole rings is 1. The van der Waals surface area contributed by atoms with Gasteiger partial charge in [0, 0.05) is 10.9 Å². The van der Waals surface area contributed by atoms with E-state index in [-0.39, 0.29) is 17.1 Å². The van der Waals surface area contributed by atoms with Gasteiger partial charge in [-0.2, -0.15) is 0 Å². The lowest BCUT2D eigenvalue weighted by Gasteiger charge is -2.07. The maximum absolute atomic E-state index is 11.4. The standard InChI is InChI=1S/C12H13N5O3S/c1-6-7(2)21-10(16-6)5-15-12-9(11(13)18)3-8(4-14-12)17(19)20/h3-4H,5H2,1-2H3,(H2,13,18)(H,14,15). The second-order valence-electron chi connectivity index (χ2n) is 4.31. The quantitative estimate of drug-likeness (QED) is 0.640. The number of aryl methyl sites for hydroxylation is 2. The third-order valence-electron chi connectivity index (χ3n) is 2.83. The van der Waals surface area contributed by atoms with Gasteiger partial charge in [0.25, 0.3) is 11.6 Å². The molecule has 2 heterocycles. The van der Waals surface area contributed by atoms with Gasteiger partial charge in [-0.15, -0.1) is 11.3 Å². The third-order valence-corrected chi connectivity index (χ3v) is 3.90. The topological polar surface area (TPSA) is 124 Å². The van der Waals surface area contributed by atoms with Crippen LogP contribution in [0.5, 0.6) is 0 Å². The minimum absolute atomic E-state index is 0.0193. The average molecular weight is 307 g/mol. The van der Waals surface area contributed by atoms with Crippen molar-refractivity contribution in [3.05, 3.63) is 43.5 Å². The SMILES string of the molecule is Cc1nc(CNc2ncc([N+](=O)[O-])cc2C(N)=O)sc1C. The fourth-order valence-corrected chi connectivity index (χ4v) is 2.53. The zero-order valence-corrected chi connectivity index (χ0v) is 12.2. The summed E-state index contributed by atoms with van der Waals surface area (Å²) >= 11 is 1.53. The molecule has 0 fully saturated rings. The van der Waals surface area contributed by atoms with Crippen molar-refractivity contribution in [3.63, 3.8) is 0 Å². The van der Waals surface area contributed by atoms with Crippen LogP contribution in [0.2, 0.25) is 0 Å². The molecule has 110 valence electrons. The molecule has 0 saturated heterocycles. The molecule has 9 heteroatoms. The van der Waals surface area contributed by atoms with Gasteiger partial charge in [-0.3, -0.25) is 14.9 Å². The Bertz CT molecular complexity index is 693. The lowest BCUT2D eigenvalue weighted by Crippen LogP contribution is -2.16. The number of rotatable bonds is 5. The number of nitrogens with two attached hydrogens (primary N) is 1. The van der Waals surface area contributed by atoms with Crippen LogP contribution in [-0.2, 0) is 6.54 Å². The molecule has 1 amide bonds. The van der Waals surface area contributed by atoms with E-state index in [4.69, 9.17) is 5.73 Å². The molecule has 0 aromatic carbocycles. The summed E-state index contributed by atoms with van der Waals surface area (Å²) in [6.45, 7) is 4.24. The average Bonchev–Trinajstić information content (AvgIpc) is 2.75. The number of nitrogens with one attached hydrogen (secondary N) is 1. The van der Waals surface area contributed by atoms with Crippen molar-refractivity contribution in [2.24, 2.45) is 5.73 Å². The summed E-state index contributed by atoms with van der Waals surface area (Å²) in [7, 11) is 0. The molecule has 0 radical (unpaired) electrons. The van der Waals surface area contributed by atoms with Gasteiger partial charge < -0.3 is 11.1 Å². The summed E-state index contributed by atoms with van der Waals surface area (Å²) in [6.07, 6.45) is 1.08. The predicted molar refractivity (Wildman–Crippen MR) is 78.3 cm³/mol. The van der Waals surface area contributed by atoms with Crippen molar-refractivity contribution in [1.29, 1.82) is 0 Å². The second kappa shape index (κ2) is 5.83. The van der Waals surface area contributed by atoms with Crippen molar-refractivity contribution >= 4 is 28.7 Å². The number of anilines is 1. The number of aromatic nitrogens is 2. The highest BCUT2D eigenvalue weighted by Crippen LogP contribution is 2.21. The number of hydrogen-bond acceptors (Lipinski definition) is 7. The summed E-state index contributed by atoms with van der Waals surface area (Å²) < 4.78 is 0. The molecule has 0 spiro atoms. The number of primary amides is 1. The zero-order valence-electron chi connectivity index (χ0n) is 11.4. The van der Waals surface area contributed by atoms with Gasteiger partial charge in [0.1, 0.15) is 17.0 Å². The van der Waals surface area contributed by atoms with Gasteiger partial charge in [-0.25, -0.2) is 9.97 Å². The predicted octanol–water partition coefficient (Wildman–Crippen LogP) is 1.77. The molecule has 2 aromatic rings. The van der Waals surface area contributed by atoms with Gasteiger partial charge in [0.05, 0.1) is 22.7 Å². The maximum atomic E-state index is 11.4. The van der Waals surface area contributed by atoms with Crippen molar-refractivity contribution in [2.45, 2.75) is 20.4 Å². The summed E-state index contributed by atoms with van der Waals surface area (Å²) in [6, 6.07) is 1.11. The Kier molecular flexibility index (Phi) is 4.13. The Morgan fingerprint density at radius 1 is 1.52 bits per heavy atom. The van der Waals surface area contributed by atoms with Gasteiger partial charge in [0.2, 0.25) is 0 Å². The first-order chi connectivity index (χ1) is 9.88. The number of nitro groups is 1. The number of carbonyl (C=O) groups excluding carboxylic acids is 1. The van der Waals surface area contributed by atoms with Crippen LogP contribution >= 0.6 is 11.3 Å². The first-order valence-corrected chi connectivity index (χ1v) is 6.81. The van der Waals surface area contributed by atoms with Crippen LogP contribution in [0.1, 0.15) is 25.9 Å². The van der Waals surface area contributed by atoms with Crippen LogP contribution in [0.3, 0.4) is 0 Å². The van der Waals surface area contributed by atoms with Crippen LogP contribution in [0.15, 0.2) is 12.3 Å². The lowest BCUT2D eigenvalue weighted by molar-refractivity contribution is -0.385. The molecule has 0 aliphatic rings. The van der Waals surface area contributed by atoms with E-state index in [2.05, 4.69) is 15.3 Å². The molecule has 0 atom stereocenters. The highest BCUT2D eigenvalue weighted by atomic mass is 32.1. The molecule has 21 heavy (non-hydrogen) atoms. The number of hydrogen-bond donors (Lipinski definition) is 2. The lowest BCUT2D eigenvalue weighted by atomic mass is 10.2. The maximum Gasteiger partial charge on any atom is 0.288 e. The van der Waals surface area contributed by atoms with Crippen LogP contribution in [0.25, 0.3) is 0 Å². The van der Waals surface area contributed by atoms with Crippen molar-refractivity contribution < 1.29 is 9.72 Å². The van der Waals surface area contributed by atoms with Crippen LogP contribution in [0.4, 0.5) is 11.5 Å². The highest BCUT2D eigenvalue weighted by molar-refractivity contribution is 7.11. The van der Waals surface area contributed by atoms with E-state index in [1.165, 1.54) is 11.3 Å². The molecular weight excluding hydrogens is 294 g/mol. The van der Waals surface area contributed by atoms with E-state index in [0.717, 1.165) is 27.8 Å². The number of amides is 1. The Morgan fingerprint density at radius 3 is 2.76 bits per heavy atom.